The molecule has 0 saturated heterocycles. The minimum absolute atomic E-state index is 0.491. The number of aliphatic carboxylic acids is 1. The molecule has 0 aromatic carbocycles. The number of nitrogens with zero attached hydrogens (tertiary/aromatic N) is 1. The van der Waals surface area contributed by atoms with Gasteiger partial charge < -0.3 is 20.3 Å². The van der Waals surface area contributed by atoms with Gasteiger partial charge in [0.15, 0.2) is 0 Å². The minimum Gasteiger partial charge on any atom is -0.480 e. The Bertz CT molecular complexity index is 239. The third-order valence-corrected chi connectivity index (χ3v) is 3.13. The number of hydrogen-bond donors (Lipinski definition) is 2. The van der Waals surface area contributed by atoms with Crippen LogP contribution in [0.3, 0.4) is 0 Å². The van der Waals surface area contributed by atoms with Crippen LogP contribution in [0.15, 0.2) is 0 Å². The van der Waals surface area contributed by atoms with Crippen molar-refractivity contribution in [2.45, 2.75) is 31.7 Å². The van der Waals surface area contributed by atoms with Gasteiger partial charge in [-0.3, -0.25) is 9.69 Å². The zero-order chi connectivity index (χ0) is 14.7. The topological polar surface area (TPSA) is 85.0 Å². The molecule has 0 radical (unpaired) electrons. The SMILES string of the molecule is COCCN(CCCCC(C)(N)C(=O)O)CCOC. The minimum atomic E-state index is -1.12. The van der Waals surface area contributed by atoms with E-state index in [1.165, 1.54) is 0 Å². The molecule has 0 aromatic rings. The summed E-state index contributed by atoms with van der Waals surface area (Å²) in [6, 6.07) is 0. The normalized spacial score (nSPS) is 14.6. The number of carboxylic acids is 1. The predicted molar refractivity (Wildman–Crippen MR) is 74.3 cm³/mol. The van der Waals surface area contributed by atoms with Gasteiger partial charge in [0, 0.05) is 27.3 Å². The molecule has 0 amide bonds. The van der Waals surface area contributed by atoms with Gasteiger partial charge in [-0.15, -0.1) is 0 Å². The quantitative estimate of drug-likeness (QED) is 0.506. The van der Waals surface area contributed by atoms with Crippen molar-refractivity contribution in [3.8, 4) is 0 Å². The Balaban J connectivity index is 3.87. The molecule has 114 valence electrons. The fourth-order valence-corrected chi connectivity index (χ4v) is 1.71. The van der Waals surface area contributed by atoms with Crippen molar-refractivity contribution in [2.24, 2.45) is 5.73 Å². The number of hydrogen-bond acceptors (Lipinski definition) is 5. The van der Waals surface area contributed by atoms with Crippen molar-refractivity contribution in [1.82, 2.24) is 4.90 Å². The highest BCUT2D eigenvalue weighted by atomic mass is 16.5. The van der Waals surface area contributed by atoms with Crippen LogP contribution in [0.5, 0.6) is 0 Å². The van der Waals surface area contributed by atoms with Crippen molar-refractivity contribution in [1.29, 1.82) is 0 Å². The van der Waals surface area contributed by atoms with Crippen LogP contribution in [0.25, 0.3) is 0 Å². The molecule has 0 aliphatic carbocycles. The smallest absolute Gasteiger partial charge is 0.323 e. The van der Waals surface area contributed by atoms with Crippen LogP contribution in [-0.2, 0) is 14.3 Å². The fraction of sp³-hybridized carbons (Fsp3) is 0.923. The van der Waals surface area contributed by atoms with Crippen LogP contribution < -0.4 is 5.73 Å². The molecule has 0 fully saturated rings. The molecule has 1 atom stereocenters. The van der Waals surface area contributed by atoms with Crippen LogP contribution in [0.1, 0.15) is 26.2 Å². The number of methoxy groups -OCH3 is 2. The van der Waals surface area contributed by atoms with Crippen molar-refractivity contribution in [2.75, 3.05) is 47.1 Å². The van der Waals surface area contributed by atoms with Crippen molar-refractivity contribution >= 4 is 5.97 Å². The maximum absolute atomic E-state index is 10.9. The third-order valence-electron chi connectivity index (χ3n) is 3.13. The van der Waals surface area contributed by atoms with E-state index >= 15 is 0 Å². The Morgan fingerprint density at radius 2 is 1.68 bits per heavy atom. The number of unbranched alkanes of at least 4 members (excludes halogenated alkanes) is 1. The van der Waals surface area contributed by atoms with Gasteiger partial charge in [0.2, 0.25) is 0 Å². The Morgan fingerprint density at radius 1 is 1.16 bits per heavy atom. The van der Waals surface area contributed by atoms with E-state index in [1.54, 1.807) is 21.1 Å². The second-order valence-electron chi connectivity index (χ2n) is 5.01. The fourth-order valence-electron chi connectivity index (χ4n) is 1.71. The first-order chi connectivity index (χ1) is 8.94. The summed E-state index contributed by atoms with van der Waals surface area (Å²) < 4.78 is 10.1. The predicted octanol–water partition coefficient (Wildman–Crippen LogP) is 0.554. The molecule has 0 aliphatic heterocycles. The summed E-state index contributed by atoms with van der Waals surface area (Å²) in [5.41, 5.74) is 4.56. The maximum atomic E-state index is 10.9. The lowest BCUT2D eigenvalue weighted by Crippen LogP contribution is -2.44. The molecule has 0 aromatic heterocycles. The van der Waals surface area contributed by atoms with Gasteiger partial charge in [-0.25, -0.2) is 0 Å². The van der Waals surface area contributed by atoms with Crippen molar-refractivity contribution in [3.63, 3.8) is 0 Å². The van der Waals surface area contributed by atoms with Crippen LogP contribution >= 0.6 is 0 Å². The third kappa shape index (κ3) is 8.93. The first-order valence-corrected chi connectivity index (χ1v) is 6.66. The van der Waals surface area contributed by atoms with E-state index in [2.05, 4.69) is 4.90 Å². The summed E-state index contributed by atoms with van der Waals surface area (Å²) in [4.78, 5) is 13.1. The molecule has 3 N–H and O–H groups in total. The van der Waals surface area contributed by atoms with Crippen LogP contribution in [0.4, 0.5) is 0 Å². The second-order valence-corrected chi connectivity index (χ2v) is 5.01. The van der Waals surface area contributed by atoms with Crippen LogP contribution in [-0.4, -0.2) is 68.6 Å². The summed E-state index contributed by atoms with van der Waals surface area (Å²) in [7, 11) is 3.36. The van der Waals surface area contributed by atoms with Crippen LogP contribution in [0.2, 0.25) is 0 Å². The zero-order valence-corrected chi connectivity index (χ0v) is 12.4. The molecular weight excluding hydrogens is 248 g/mol. The number of rotatable bonds is 12. The monoisotopic (exact) mass is 276 g/mol. The second kappa shape index (κ2) is 10.1. The van der Waals surface area contributed by atoms with Gasteiger partial charge in [0.25, 0.3) is 0 Å². The Hall–Kier alpha value is -0.690. The zero-order valence-electron chi connectivity index (χ0n) is 12.4. The molecule has 0 heterocycles. The van der Waals surface area contributed by atoms with Crippen molar-refractivity contribution < 1.29 is 19.4 Å². The summed E-state index contributed by atoms with van der Waals surface area (Å²) in [5.74, 6) is -0.942. The van der Waals surface area contributed by atoms with Gasteiger partial charge in [-0.1, -0.05) is 0 Å². The highest BCUT2D eigenvalue weighted by Gasteiger charge is 2.26. The number of ether oxygens (including phenoxy) is 2. The first kappa shape index (κ1) is 18.3. The molecule has 1 unspecified atom stereocenters. The maximum Gasteiger partial charge on any atom is 0.323 e. The molecule has 6 nitrogen and oxygen atoms in total. The van der Waals surface area contributed by atoms with Crippen molar-refractivity contribution in [3.05, 3.63) is 0 Å². The highest BCUT2D eigenvalue weighted by Crippen LogP contribution is 2.11. The average Bonchev–Trinajstić information content (AvgIpc) is 2.36. The summed E-state index contributed by atoms with van der Waals surface area (Å²) in [5, 5.41) is 8.91. The molecule has 0 bridgehead atoms. The standard InChI is InChI=1S/C13H28N2O4/c1-13(14,12(16)17)6-4-5-7-15(8-10-18-2)9-11-19-3/h4-11,14H2,1-3H3,(H,16,17). The Morgan fingerprint density at radius 3 is 2.11 bits per heavy atom. The molecular formula is C13H28N2O4. The summed E-state index contributed by atoms with van der Waals surface area (Å²) >= 11 is 0. The molecule has 19 heavy (non-hydrogen) atoms. The van der Waals surface area contributed by atoms with E-state index in [9.17, 15) is 4.79 Å². The van der Waals surface area contributed by atoms with E-state index in [4.69, 9.17) is 20.3 Å². The Kier molecular flexibility index (Phi) is 9.77. The summed E-state index contributed by atoms with van der Waals surface area (Å²) in [6.45, 7) is 5.56. The van der Waals surface area contributed by atoms with Gasteiger partial charge >= 0.3 is 5.97 Å². The molecule has 0 rings (SSSR count). The number of nitrogens with two attached hydrogens (primary N) is 1. The number of carboxylic acid groups (broad SMARTS) is 1. The lowest BCUT2D eigenvalue weighted by molar-refractivity contribution is -0.142. The summed E-state index contributed by atoms with van der Waals surface area (Å²) in [6.07, 6.45) is 2.22. The molecule has 0 aliphatic rings. The van der Waals surface area contributed by atoms with E-state index in [0.717, 1.165) is 32.5 Å². The van der Waals surface area contributed by atoms with E-state index in [0.29, 0.717) is 19.6 Å². The van der Waals surface area contributed by atoms with Crippen LogP contribution in [0, 0.1) is 0 Å². The lowest BCUT2D eigenvalue weighted by Gasteiger charge is -2.23. The highest BCUT2D eigenvalue weighted by molar-refractivity contribution is 5.77. The lowest BCUT2D eigenvalue weighted by atomic mass is 9.96. The van der Waals surface area contributed by atoms with Gasteiger partial charge in [0.1, 0.15) is 5.54 Å². The van der Waals surface area contributed by atoms with E-state index in [1.807, 2.05) is 0 Å². The number of carbonyl (C=O) groups is 1. The first-order valence-electron chi connectivity index (χ1n) is 6.66. The van der Waals surface area contributed by atoms with Gasteiger partial charge in [0.05, 0.1) is 13.2 Å². The Labute approximate surface area is 115 Å². The van der Waals surface area contributed by atoms with E-state index in [-0.39, 0.29) is 0 Å². The molecule has 0 saturated carbocycles. The average molecular weight is 276 g/mol. The largest absolute Gasteiger partial charge is 0.480 e. The van der Waals surface area contributed by atoms with Gasteiger partial charge in [-0.2, -0.15) is 0 Å². The van der Waals surface area contributed by atoms with Gasteiger partial charge in [-0.05, 0) is 32.7 Å². The molecule has 0 spiro atoms. The van der Waals surface area contributed by atoms with E-state index < -0.39 is 11.5 Å². The molecule has 6 heteroatoms.